The molecule has 1 fully saturated rings. The van der Waals surface area contributed by atoms with Gasteiger partial charge < -0.3 is 9.84 Å². The molecule has 0 spiro atoms. The normalized spacial score (nSPS) is 27.7. The topological polar surface area (TPSA) is 63.6 Å². The predicted octanol–water partition coefficient (Wildman–Crippen LogP) is 3.55. The van der Waals surface area contributed by atoms with E-state index in [1.807, 2.05) is 20.8 Å². The number of hydrogen-bond acceptors (Lipinski definition) is 3. The molecule has 1 aromatic carbocycles. The highest BCUT2D eigenvalue weighted by Crippen LogP contribution is 2.51. The number of ketones is 1. The summed E-state index contributed by atoms with van der Waals surface area (Å²) in [5.74, 6) is -1.76. The maximum absolute atomic E-state index is 12.5. The summed E-state index contributed by atoms with van der Waals surface area (Å²) < 4.78 is 5.64. The molecule has 0 aromatic heterocycles. The SMILES string of the molecule is COC1CCCC(C(C)=O)(C(=O)O)C1c1c(C)cc(C)cc1C. The van der Waals surface area contributed by atoms with Crippen LogP contribution in [-0.4, -0.2) is 30.1 Å². The van der Waals surface area contributed by atoms with Gasteiger partial charge >= 0.3 is 5.97 Å². The Morgan fingerprint density at radius 2 is 1.78 bits per heavy atom. The fraction of sp³-hybridized carbons (Fsp3) is 0.579. The molecule has 126 valence electrons. The zero-order valence-corrected chi connectivity index (χ0v) is 14.6. The van der Waals surface area contributed by atoms with Crippen LogP contribution >= 0.6 is 0 Å². The van der Waals surface area contributed by atoms with Crippen molar-refractivity contribution in [3.05, 3.63) is 34.4 Å². The van der Waals surface area contributed by atoms with Gasteiger partial charge in [0.25, 0.3) is 0 Å². The van der Waals surface area contributed by atoms with Crippen molar-refractivity contribution in [3.8, 4) is 0 Å². The second-order valence-corrected chi connectivity index (χ2v) is 6.79. The number of carbonyl (C=O) groups is 2. The van der Waals surface area contributed by atoms with Crippen molar-refractivity contribution < 1.29 is 19.4 Å². The molecule has 1 N–H and O–H groups in total. The van der Waals surface area contributed by atoms with Crippen LogP contribution in [0.15, 0.2) is 12.1 Å². The summed E-state index contributed by atoms with van der Waals surface area (Å²) >= 11 is 0. The Morgan fingerprint density at radius 1 is 1.22 bits per heavy atom. The fourth-order valence-corrected chi connectivity index (χ4v) is 4.38. The second kappa shape index (κ2) is 6.44. The van der Waals surface area contributed by atoms with Crippen LogP contribution < -0.4 is 0 Å². The monoisotopic (exact) mass is 318 g/mol. The molecule has 2 rings (SSSR count). The summed E-state index contributed by atoms with van der Waals surface area (Å²) in [7, 11) is 1.61. The number of ether oxygens (including phenoxy) is 1. The van der Waals surface area contributed by atoms with E-state index in [2.05, 4.69) is 12.1 Å². The molecule has 0 bridgehead atoms. The van der Waals surface area contributed by atoms with E-state index in [0.29, 0.717) is 12.8 Å². The molecule has 23 heavy (non-hydrogen) atoms. The number of carboxylic acids is 1. The molecule has 4 heteroatoms. The number of aliphatic carboxylic acids is 1. The first-order valence-corrected chi connectivity index (χ1v) is 8.10. The van der Waals surface area contributed by atoms with Gasteiger partial charge in [0.1, 0.15) is 11.2 Å². The Morgan fingerprint density at radius 3 is 2.22 bits per heavy atom. The Hall–Kier alpha value is -1.68. The first kappa shape index (κ1) is 17.7. The van der Waals surface area contributed by atoms with Crippen LogP contribution in [0.1, 0.15) is 54.4 Å². The molecule has 0 amide bonds. The van der Waals surface area contributed by atoms with Gasteiger partial charge in [0.05, 0.1) is 6.10 Å². The van der Waals surface area contributed by atoms with Crippen molar-refractivity contribution in [2.75, 3.05) is 7.11 Å². The van der Waals surface area contributed by atoms with E-state index in [-0.39, 0.29) is 11.9 Å². The van der Waals surface area contributed by atoms with Crippen LogP contribution in [0.4, 0.5) is 0 Å². The molecule has 1 aliphatic carbocycles. The lowest BCUT2D eigenvalue weighted by molar-refractivity contribution is -0.162. The highest BCUT2D eigenvalue weighted by atomic mass is 16.5. The van der Waals surface area contributed by atoms with Gasteiger partial charge in [-0.25, -0.2) is 0 Å². The third kappa shape index (κ3) is 2.80. The minimum absolute atomic E-state index is 0.260. The largest absolute Gasteiger partial charge is 0.480 e. The average Bonchev–Trinajstić information content (AvgIpc) is 2.45. The van der Waals surface area contributed by atoms with Gasteiger partial charge in [-0.2, -0.15) is 0 Å². The smallest absolute Gasteiger partial charge is 0.317 e. The molecular weight excluding hydrogens is 292 g/mol. The highest BCUT2D eigenvalue weighted by Gasteiger charge is 2.56. The molecule has 3 atom stereocenters. The van der Waals surface area contributed by atoms with Crippen LogP contribution in [0, 0.1) is 26.2 Å². The third-order valence-corrected chi connectivity index (χ3v) is 5.32. The number of hydrogen-bond donors (Lipinski definition) is 1. The standard InChI is InChI=1S/C19H26O4/c1-11-9-12(2)16(13(3)10-11)17-15(23-5)7-6-8-19(17,14(4)20)18(21)22/h9-10,15,17H,6-8H2,1-5H3,(H,21,22). The molecule has 0 saturated heterocycles. The van der Waals surface area contributed by atoms with E-state index in [1.54, 1.807) is 7.11 Å². The van der Waals surface area contributed by atoms with Crippen molar-refractivity contribution in [2.45, 2.75) is 59.0 Å². The number of carboxylic acid groups (broad SMARTS) is 1. The number of benzene rings is 1. The summed E-state index contributed by atoms with van der Waals surface area (Å²) in [5.41, 5.74) is 2.76. The summed E-state index contributed by atoms with van der Waals surface area (Å²) in [4.78, 5) is 24.6. The Labute approximate surface area is 137 Å². The van der Waals surface area contributed by atoms with Gasteiger partial charge in [0, 0.05) is 13.0 Å². The maximum atomic E-state index is 12.5. The molecule has 1 aliphatic rings. The summed E-state index contributed by atoms with van der Waals surface area (Å²) in [6, 6.07) is 4.10. The molecule has 0 heterocycles. The minimum Gasteiger partial charge on any atom is -0.480 e. The first-order chi connectivity index (χ1) is 10.8. The first-order valence-electron chi connectivity index (χ1n) is 8.10. The number of methoxy groups -OCH3 is 1. The van der Waals surface area contributed by atoms with E-state index < -0.39 is 17.3 Å². The lowest BCUT2D eigenvalue weighted by atomic mass is 9.59. The van der Waals surface area contributed by atoms with Crippen LogP contribution in [-0.2, 0) is 14.3 Å². The average molecular weight is 318 g/mol. The van der Waals surface area contributed by atoms with Crippen LogP contribution in [0.25, 0.3) is 0 Å². The van der Waals surface area contributed by atoms with E-state index in [9.17, 15) is 14.7 Å². The molecule has 0 aliphatic heterocycles. The molecule has 1 saturated carbocycles. The predicted molar refractivity (Wildman–Crippen MR) is 88.8 cm³/mol. The number of carbonyl (C=O) groups excluding carboxylic acids is 1. The second-order valence-electron chi connectivity index (χ2n) is 6.79. The zero-order valence-electron chi connectivity index (χ0n) is 14.6. The maximum Gasteiger partial charge on any atom is 0.317 e. The quantitative estimate of drug-likeness (QED) is 0.862. The van der Waals surface area contributed by atoms with Crippen molar-refractivity contribution in [1.29, 1.82) is 0 Å². The van der Waals surface area contributed by atoms with Crippen LogP contribution in [0.2, 0.25) is 0 Å². The Balaban J connectivity index is 2.74. The summed E-state index contributed by atoms with van der Waals surface area (Å²) in [6.45, 7) is 7.40. The minimum atomic E-state index is -1.40. The Kier molecular flexibility index (Phi) is 4.95. The molecule has 3 unspecified atom stereocenters. The van der Waals surface area contributed by atoms with Gasteiger partial charge in [0.15, 0.2) is 0 Å². The van der Waals surface area contributed by atoms with E-state index in [0.717, 1.165) is 28.7 Å². The zero-order chi connectivity index (χ0) is 17.4. The lowest BCUT2D eigenvalue weighted by Gasteiger charge is -2.44. The van der Waals surface area contributed by atoms with Gasteiger partial charge in [-0.1, -0.05) is 17.7 Å². The number of Topliss-reactive ketones (excluding diaryl/α,β-unsaturated/α-hetero) is 1. The summed E-state index contributed by atoms with van der Waals surface area (Å²) in [5, 5.41) is 9.96. The van der Waals surface area contributed by atoms with Crippen LogP contribution in [0.3, 0.4) is 0 Å². The molecule has 0 radical (unpaired) electrons. The molecule has 4 nitrogen and oxygen atoms in total. The van der Waals surface area contributed by atoms with Crippen molar-refractivity contribution in [2.24, 2.45) is 5.41 Å². The fourth-order valence-electron chi connectivity index (χ4n) is 4.38. The van der Waals surface area contributed by atoms with Crippen molar-refractivity contribution in [1.82, 2.24) is 0 Å². The van der Waals surface area contributed by atoms with E-state index in [1.165, 1.54) is 6.92 Å². The molecular formula is C19H26O4. The van der Waals surface area contributed by atoms with Crippen molar-refractivity contribution >= 4 is 11.8 Å². The molecule has 1 aromatic rings. The highest BCUT2D eigenvalue weighted by molar-refractivity contribution is 6.03. The van der Waals surface area contributed by atoms with E-state index >= 15 is 0 Å². The number of aryl methyl sites for hydroxylation is 3. The van der Waals surface area contributed by atoms with Gasteiger partial charge in [-0.3, -0.25) is 9.59 Å². The van der Waals surface area contributed by atoms with Crippen LogP contribution in [0.5, 0.6) is 0 Å². The third-order valence-electron chi connectivity index (χ3n) is 5.32. The van der Waals surface area contributed by atoms with Gasteiger partial charge in [0.2, 0.25) is 0 Å². The van der Waals surface area contributed by atoms with Gasteiger partial charge in [-0.15, -0.1) is 0 Å². The lowest BCUT2D eigenvalue weighted by Crippen LogP contribution is -2.51. The number of rotatable bonds is 4. The van der Waals surface area contributed by atoms with Gasteiger partial charge in [-0.05, 0) is 63.6 Å². The summed E-state index contributed by atoms with van der Waals surface area (Å²) in [6.07, 6.45) is 1.57. The Bertz CT molecular complexity index is 595. The van der Waals surface area contributed by atoms with E-state index in [4.69, 9.17) is 4.74 Å². The van der Waals surface area contributed by atoms with Crippen molar-refractivity contribution in [3.63, 3.8) is 0 Å².